The van der Waals surface area contributed by atoms with Crippen molar-refractivity contribution in [1.29, 1.82) is 0 Å². The van der Waals surface area contributed by atoms with E-state index in [0.717, 1.165) is 11.3 Å². The molecule has 0 spiro atoms. The first-order valence-corrected chi connectivity index (χ1v) is 6.86. The first-order valence-electron chi connectivity index (χ1n) is 6.05. The monoisotopic (exact) mass is 295 g/mol. The second kappa shape index (κ2) is 6.96. The van der Waals surface area contributed by atoms with Crippen LogP contribution >= 0.6 is 11.3 Å². The fraction of sp³-hybridized carbons (Fsp3) is 0.429. The fourth-order valence-electron chi connectivity index (χ4n) is 1.47. The largest absolute Gasteiger partial charge is 0.461 e. The summed E-state index contributed by atoms with van der Waals surface area (Å²) < 4.78 is 9.96. The maximum Gasteiger partial charge on any atom is 0.348 e. The molecule has 1 heterocycles. The SMILES string of the molecule is C#CCOC(=O)c1c(N)sc(C(=O)OCC(C)C)c1C. The van der Waals surface area contributed by atoms with E-state index in [9.17, 15) is 9.59 Å². The highest BCUT2D eigenvalue weighted by Gasteiger charge is 2.25. The maximum atomic E-state index is 11.9. The number of hydrogen-bond acceptors (Lipinski definition) is 6. The lowest BCUT2D eigenvalue weighted by molar-refractivity contribution is 0.0464. The zero-order valence-electron chi connectivity index (χ0n) is 11.7. The highest BCUT2D eigenvalue weighted by molar-refractivity contribution is 7.18. The first-order chi connectivity index (χ1) is 9.38. The van der Waals surface area contributed by atoms with Crippen LogP contribution in [0.15, 0.2) is 0 Å². The van der Waals surface area contributed by atoms with E-state index in [1.54, 1.807) is 6.92 Å². The summed E-state index contributed by atoms with van der Waals surface area (Å²) in [5, 5.41) is 0.223. The summed E-state index contributed by atoms with van der Waals surface area (Å²) in [5.41, 5.74) is 6.41. The molecular formula is C14H17NO4S. The van der Waals surface area contributed by atoms with E-state index in [2.05, 4.69) is 5.92 Å². The smallest absolute Gasteiger partial charge is 0.348 e. The molecule has 0 radical (unpaired) electrons. The van der Waals surface area contributed by atoms with Crippen molar-refractivity contribution >= 4 is 28.3 Å². The predicted octanol–water partition coefficient (Wildman–Crippen LogP) is 2.24. The standard InChI is InChI=1S/C14H17NO4S/c1-5-6-18-13(16)10-9(4)11(20-12(10)15)14(17)19-7-8(2)3/h1,8H,6-7,15H2,2-4H3. The molecule has 0 fully saturated rings. The van der Waals surface area contributed by atoms with Crippen LogP contribution in [0, 0.1) is 25.2 Å². The summed E-state index contributed by atoms with van der Waals surface area (Å²) in [6.07, 6.45) is 5.02. The Kier molecular flexibility index (Phi) is 5.59. The Bertz CT molecular complexity index is 554. The highest BCUT2D eigenvalue weighted by atomic mass is 32.1. The van der Waals surface area contributed by atoms with Crippen molar-refractivity contribution in [2.75, 3.05) is 18.9 Å². The van der Waals surface area contributed by atoms with Crippen molar-refractivity contribution in [3.63, 3.8) is 0 Å². The number of ether oxygens (including phenoxy) is 2. The number of terminal acetylenes is 1. The van der Waals surface area contributed by atoms with Crippen molar-refractivity contribution in [3.05, 3.63) is 16.0 Å². The lowest BCUT2D eigenvalue weighted by atomic mass is 10.1. The Balaban J connectivity index is 2.94. The third kappa shape index (κ3) is 3.75. The molecule has 20 heavy (non-hydrogen) atoms. The molecule has 0 unspecified atom stereocenters. The molecule has 1 aromatic heterocycles. The summed E-state index contributed by atoms with van der Waals surface area (Å²) in [4.78, 5) is 24.0. The van der Waals surface area contributed by atoms with Crippen LogP contribution in [0.4, 0.5) is 5.00 Å². The molecule has 0 atom stereocenters. The molecule has 108 valence electrons. The Labute approximate surface area is 122 Å². The zero-order valence-corrected chi connectivity index (χ0v) is 12.5. The normalized spacial score (nSPS) is 10.2. The number of nitrogen functional groups attached to an aromatic ring is 1. The van der Waals surface area contributed by atoms with Crippen molar-refractivity contribution in [1.82, 2.24) is 0 Å². The number of nitrogens with two attached hydrogens (primary N) is 1. The van der Waals surface area contributed by atoms with Gasteiger partial charge in [0.25, 0.3) is 0 Å². The number of anilines is 1. The molecular weight excluding hydrogens is 278 g/mol. The minimum Gasteiger partial charge on any atom is -0.461 e. The molecule has 1 rings (SSSR count). The second-order valence-corrected chi connectivity index (χ2v) is 5.62. The number of thiophene rings is 1. The van der Waals surface area contributed by atoms with Gasteiger partial charge in [0.15, 0.2) is 6.61 Å². The van der Waals surface area contributed by atoms with E-state index in [4.69, 9.17) is 21.6 Å². The van der Waals surface area contributed by atoms with Gasteiger partial charge in [-0.15, -0.1) is 17.8 Å². The average Bonchev–Trinajstić information content (AvgIpc) is 2.68. The lowest BCUT2D eigenvalue weighted by Gasteiger charge is -2.06. The third-order valence-electron chi connectivity index (χ3n) is 2.40. The van der Waals surface area contributed by atoms with Gasteiger partial charge in [0.2, 0.25) is 0 Å². The summed E-state index contributed by atoms with van der Waals surface area (Å²) >= 11 is 1.01. The van der Waals surface area contributed by atoms with E-state index < -0.39 is 11.9 Å². The van der Waals surface area contributed by atoms with E-state index in [1.807, 2.05) is 13.8 Å². The molecule has 0 bridgehead atoms. The quantitative estimate of drug-likeness (QED) is 0.665. The van der Waals surface area contributed by atoms with Gasteiger partial charge in [-0.05, 0) is 18.4 Å². The van der Waals surface area contributed by atoms with Gasteiger partial charge in [-0.1, -0.05) is 19.8 Å². The van der Waals surface area contributed by atoms with Gasteiger partial charge in [0, 0.05) is 0 Å². The second-order valence-electron chi connectivity index (χ2n) is 4.57. The van der Waals surface area contributed by atoms with Crippen molar-refractivity contribution in [2.24, 2.45) is 5.92 Å². The van der Waals surface area contributed by atoms with Crippen LogP contribution in [-0.2, 0) is 9.47 Å². The van der Waals surface area contributed by atoms with Gasteiger partial charge in [-0.2, -0.15) is 0 Å². The van der Waals surface area contributed by atoms with Crippen LogP contribution in [0.3, 0.4) is 0 Å². The fourth-order valence-corrected chi connectivity index (χ4v) is 2.43. The minimum atomic E-state index is -0.628. The van der Waals surface area contributed by atoms with Gasteiger partial charge in [-0.25, -0.2) is 9.59 Å². The zero-order chi connectivity index (χ0) is 15.3. The molecule has 0 aliphatic carbocycles. The summed E-state index contributed by atoms with van der Waals surface area (Å²) in [6.45, 7) is 5.68. The summed E-state index contributed by atoms with van der Waals surface area (Å²) in [5.74, 6) is 1.32. The van der Waals surface area contributed by atoms with Gasteiger partial charge >= 0.3 is 11.9 Å². The van der Waals surface area contributed by atoms with Crippen LogP contribution in [0.1, 0.15) is 39.4 Å². The average molecular weight is 295 g/mol. The molecule has 0 saturated carbocycles. The number of hydrogen-bond donors (Lipinski definition) is 1. The highest BCUT2D eigenvalue weighted by Crippen LogP contribution is 2.31. The van der Waals surface area contributed by atoms with E-state index in [1.165, 1.54) is 0 Å². The minimum absolute atomic E-state index is 0.138. The van der Waals surface area contributed by atoms with Gasteiger partial charge in [0.1, 0.15) is 9.88 Å². The first kappa shape index (κ1) is 16.1. The molecule has 0 aliphatic heterocycles. The molecule has 0 amide bonds. The molecule has 6 heteroatoms. The van der Waals surface area contributed by atoms with Crippen molar-refractivity contribution in [2.45, 2.75) is 20.8 Å². The Morgan fingerprint density at radius 1 is 1.35 bits per heavy atom. The molecule has 1 aromatic rings. The van der Waals surface area contributed by atoms with E-state index in [-0.39, 0.29) is 23.1 Å². The molecule has 5 nitrogen and oxygen atoms in total. The Morgan fingerprint density at radius 2 is 2.00 bits per heavy atom. The maximum absolute atomic E-state index is 11.9. The number of esters is 2. The Hall–Kier alpha value is -2.00. The number of carbonyl (C=O) groups excluding carboxylic acids is 2. The van der Waals surface area contributed by atoms with E-state index >= 15 is 0 Å². The molecule has 0 aliphatic rings. The third-order valence-corrected chi connectivity index (χ3v) is 3.50. The van der Waals surface area contributed by atoms with Crippen molar-refractivity contribution < 1.29 is 19.1 Å². The van der Waals surface area contributed by atoms with Gasteiger partial charge in [-0.3, -0.25) is 0 Å². The Morgan fingerprint density at radius 3 is 2.55 bits per heavy atom. The molecule has 0 aromatic carbocycles. The van der Waals surface area contributed by atoms with Crippen LogP contribution in [0.5, 0.6) is 0 Å². The van der Waals surface area contributed by atoms with Crippen LogP contribution in [0.25, 0.3) is 0 Å². The lowest BCUT2D eigenvalue weighted by Crippen LogP contribution is -2.11. The molecule has 2 N–H and O–H groups in total. The van der Waals surface area contributed by atoms with Crippen LogP contribution in [-0.4, -0.2) is 25.2 Å². The number of rotatable bonds is 5. The van der Waals surface area contributed by atoms with Gasteiger partial charge in [0.05, 0.1) is 12.2 Å². The molecule has 0 saturated heterocycles. The van der Waals surface area contributed by atoms with Gasteiger partial charge < -0.3 is 15.2 Å². The van der Waals surface area contributed by atoms with Crippen LogP contribution in [0.2, 0.25) is 0 Å². The topological polar surface area (TPSA) is 78.6 Å². The predicted molar refractivity (Wildman–Crippen MR) is 77.7 cm³/mol. The van der Waals surface area contributed by atoms with Crippen LogP contribution < -0.4 is 5.73 Å². The van der Waals surface area contributed by atoms with Crippen molar-refractivity contribution in [3.8, 4) is 12.3 Å². The van der Waals surface area contributed by atoms with E-state index in [0.29, 0.717) is 17.0 Å². The summed E-state index contributed by atoms with van der Waals surface area (Å²) in [6, 6.07) is 0. The summed E-state index contributed by atoms with van der Waals surface area (Å²) in [7, 11) is 0. The number of carbonyl (C=O) groups is 2.